The lowest BCUT2D eigenvalue weighted by atomic mass is 9.85. The van der Waals surface area contributed by atoms with Crippen LogP contribution in [0.4, 0.5) is 0 Å². The van der Waals surface area contributed by atoms with Crippen LogP contribution in [0.1, 0.15) is 12.0 Å². The average Bonchev–Trinajstić information content (AvgIpc) is 3.46. The molecule has 2 aliphatic carbocycles. The SMILES string of the molecule is O=C1[C@@H]2[C@@H](C(=O)N1CC[NH+]1CCN(S(=O)(=O)/C=C/c3ccccc3)CC1)[C@H]1C=C[C@@H]2C1. The van der Waals surface area contributed by atoms with E-state index in [4.69, 9.17) is 0 Å². The van der Waals surface area contributed by atoms with Gasteiger partial charge in [0.25, 0.3) is 0 Å². The molecule has 2 aliphatic heterocycles. The summed E-state index contributed by atoms with van der Waals surface area (Å²) in [4.78, 5) is 28.3. The third-order valence-electron chi connectivity index (χ3n) is 7.27. The second kappa shape index (κ2) is 8.00. The van der Waals surface area contributed by atoms with Crippen molar-refractivity contribution in [3.05, 3.63) is 53.5 Å². The number of carbonyl (C=O) groups is 2. The summed E-state index contributed by atoms with van der Waals surface area (Å²) in [5.74, 6) is 0.187. The fraction of sp³-hybridized carbons (Fsp3) is 0.478. The van der Waals surface area contributed by atoms with Crippen LogP contribution in [0.5, 0.6) is 0 Å². The van der Waals surface area contributed by atoms with Crippen LogP contribution in [-0.2, 0) is 19.6 Å². The first-order chi connectivity index (χ1) is 14.9. The summed E-state index contributed by atoms with van der Waals surface area (Å²) in [6.07, 6.45) is 6.79. The van der Waals surface area contributed by atoms with Crippen molar-refractivity contribution in [2.75, 3.05) is 39.3 Å². The van der Waals surface area contributed by atoms with Gasteiger partial charge < -0.3 is 4.90 Å². The van der Waals surface area contributed by atoms with Crippen molar-refractivity contribution >= 4 is 27.9 Å². The standard InChI is InChI=1S/C23H27N3O4S/c27-22-20-18-6-7-19(16-18)21(20)23(28)26(22)14-11-24-9-12-25(13-10-24)31(29,30)15-8-17-4-2-1-3-5-17/h1-8,15,18-21H,9-14,16H2/p+1/b15-8+/t18-,19+,20-,21-/m0/s1. The van der Waals surface area contributed by atoms with E-state index in [-0.39, 0.29) is 35.5 Å². The number of rotatable bonds is 6. The van der Waals surface area contributed by atoms with Gasteiger partial charge >= 0.3 is 0 Å². The number of nitrogens with zero attached hydrogens (tertiary/aromatic N) is 2. The predicted octanol–water partition coefficient (Wildman–Crippen LogP) is -0.00530. The summed E-state index contributed by atoms with van der Waals surface area (Å²) in [5.41, 5.74) is 0.851. The lowest BCUT2D eigenvalue weighted by Crippen LogP contribution is -3.15. The normalized spacial score (nSPS) is 31.3. The molecule has 5 rings (SSSR count). The Kier molecular flexibility index (Phi) is 5.32. The van der Waals surface area contributed by atoms with Gasteiger partial charge in [0.1, 0.15) is 0 Å². The van der Waals surface area contributed by atoms with Crippen molar-refractivity contribution in [1.82, 2.24) is 9.21 Å². The van der Waals surface area contributed by atoms with E-state index in [1.165, 1.54) is 19.5 Å². The van der Waals surface area contributed by atoms with Crippen molar-refractivity contribution < 1.29 is 22.9 Å². The fourth-order valence-electron chi connectivity index (χ4n) is 5.58. The zero-order chi connectivity index (χ0) is 21.6. The Balaban J connectivity index is 1.13. The summed E-state index contributed by atoms with van der Waals surface area (Å²) in [5, 5.41) is 1.27. The molecule has 2 saturated heterocycles. The smallest absolute Gasteiger partial charge is 0.236 e. The lowest BCUT2D eigenvalue weighted by molar-refractivity contribution is -0.902. The molecule has 0 radical (unpaired) electrons. The molecule has 164 valence electrons. The largest absolute Gasteiger partial charge is 0.331 e. The molecule has 1 N–H and O–H groups in total. The van der Waals surface area contributed by atoms with Gasteiger partial charge in [-0.15, -0.1) is 0 Å². The molecule has 1 aromatic carbocycles. The zero-order valence-electron chi connectivity index (χ0n) is 17.4. The van der Waals surface area contributed by atoms with E-state index < -0.39 is 10.0 Å². The van der Waals surface area contributed by atoms with Crippen LogP contribution in [0.15, 0.2) is 47.9 Å². The molecule has 4 aliphatic rings. The Morgan fingerprint density at radius 3 is 2.19 bits per heavy atom. The Hall–Kier alpha value is -2.29. The Morgan fingerprint density at radius 2 is 1.58 bits per heavy atom. The average molecular weight is 443 g/mol. The van der Waals surface area contributed by atoms with Gasteiger partial charge in [0, 0.05) is 5.41 Å². The molecular weight excluding hydrogens is 414 g/mol. The summed E-state index contributed by atoms with van der Waals surface area (Å²) in [7, 11) is -3.45. The molecule has 4 atom stereocenters. The monoisotopic (exact) mass is 442 g/mol. The number of quaternary nitrogens is 1. The van der Waals surface area contributed by atoms with Crippen molar-refractivity contribution in [3.8, 4) is 0 Å². The molecule has 1 saturated carbocycles. The van der Waals surface area contributed by atoms with E-state index in [9.17, 15) is 18.0 Å². The van der Waals surface area contributed by atoms with Gasteiger partial charge in [0.05, 0.1) is 51.1 Å². The van der Waals surface area contributed by atoms with Crippen molar-refractivity contribution in [2.45, 2.75) is 6.42 Å². The van der Waals surface area contributed by atoms with Crippen molar-refractivity contribution in [1.29, 1.82) is 0 Å². The Morgan fingerprint density at radius 1 is 0.968 bits per heavy atom. The summed E-state index contributed by atoms with van der Waals surface area (Å²) < 4.78 is 26.8. The minimum Gasteiger partial charge on any atom is -0.331 e. The van der Waals surface area contributed by atoms with Crippen molar-refractivity contribution in [3.63, 3.8) is 0 Å². The van der Waals surface area contributed by atoms with E-state index in [1.54, 1.807) is 6.08 Å². The number of likely N-dealkylation sites (tertiary alicyclic amines) is 1. The quantitative estimate of drug-likeness (QED) is 0.497. The maximum Gasteiger partial charge on any atom is 0.236 e. The maximum atomic E-state index is 12.8. The maximum absolute atomic E-state index is 12.8. The first kappa shape index (κ1) is 20.6. The number of hydrogen-bond acceptors (Lipinski definition) is 4. The van der Waals surface area contributed by atoms with E-state index in [2.05, 4.69) is 12.2 Å². The molecule has 2 amide bonds. The number of sulfonamides is 1. The number of amides is 2. The van der Waals surface area contributed by atoms with Crippen LogP contribution in [0, 0.1) is 23.7 Å². The van der Waals surface area contributed by atoms with Crippen LogP contribution in [0.25, 0.3) is 6.08 Å². The van der Waals surface area contributed by atoms with Gasteiger partial charge in [-0.25, -0.2) is 8.42 Å². The summed E-state index contributed by atoms with van der Waals surface area (Å²) >= 11 is 0. The molecule has 0 unspecified atom stereocenters. The minimum absolute atomic E-state index is 0.00138. The number of piperazine rings is 1. The molecule has 31 heavy (non-hydrogen) atoms. The van der Waals surface area contributed by atoms with Crippen LogP contribution in [-0.4, -0.2) is 68.7 Å². The van der Waals surface area contributed by atoms with Crippen LogP contribution in [0.2, 0.25) is 0 Å². The van der Waals surface area contributed by atoms with E-state index in [1.807, 2.05) is 30.3 Å². The molecule has 2 heterocycles. The number of allylic oxidation sites excluding steroid dienone is 2. The topological polar surface area (TPSA) is 79.2 Å². The third-order valence-corrected chi connectivity index (χ3v) is 8.84. The van der Waals surface area contributed by atoms with Gasteiger partial charge in [-0.2, -0.15) is 4.31 Å². The third kappa shape index (κ3) is 3.77. The van der Waals surface area contributed by atoms with Gasteiger partial charge in [-0.1, -0.05) is 42.5 Å². The fourth-order valence-corrected chi connectivity index (χ4v) is 6.77. The minimum atomic E-state index is -3.45. The molecule has 1 aromatic rings. The number of benzene rings is 1. The first-order valence-electron chi connectivity index (χ1n) is 11.0. The Labute approximate surface area is 183 Å². The number of fused-ring (bicyclic) bond motifs is 5. The van der Waals surface area contributed by atoms with Gasteiger partial charge in [-0.05, 0) is 29.9 Å². The molecule has 0 spiro atoms. The highest BCUT2D eigenvalue weighted by Crippen LogP contribution is 2.52. The van der Waals surface area contributed by atoms with E-state index >= 15 is 0 Å². The highest BCUT2D eigenvalue weighted by Gasteiger charge is 2.59. The number of hydrogen-bond donors (Lipinski definition) is 1. The van der Waals surface area contributed by atoms with Crippen LogP contribution in [0.3, 0.4) is 0 Å². The molecule has 2 bridgehead atoms. The predicted molar refractivity (Wildman–Crippen MR) is 116 cm³/mol. The van der Waals surface area contributed by atoms with Crippen LogP contribution >= 0.6 is 0 Å². The molecule has 7 nitrogen and oxygen atoms in total. The number of carbonyl (C=O) groups excluding carboxylic acids is 2. The van der Waals surface area contributed by atoms with Gasteiger partial charge in [0.2, 0.25) is 21.8 Å². The number of imide groups is 1. The second-order valence-electron chi connectivity index (χ2n) is 8.99. The highest BCUT2D eigenvalue weighted by molar-refractivity contribution is 7.92. The van der Waals surface area contributed by atoms with Crippen molar-refractivity contribution in [2.24, 2.45) is 23.7 Å². The first-order valence-corrected chi connectivity index (χ1v) is 12.5. The summed E-state index contributed by atoms with van der Waals surface area (Å²) in [6, 6.07) is 9.37. The zero-order valence-corrected chi connectivity index (χ0v) is 18.2. The van der Waals surface area contributed by atoms with E-state index in [0.29, 0.717) is 39.3 Å². The highest BCUT2D eigenvalue weighted by atomic mass is 32.2. The molecular formula is C23H28N3O4S+. The number of nitrogens with one attached hydrogen (secondary N) is 1. The summed E-state index contributed by atoms with van der Waals surface area (Å²) in [6.45, 7) is 3.34. The van der Waals surface area contributed by atoms with E-state index in [0.717, 1.165) is 12.0 Å². The second-order valence-corrected chi connectivity index (χ2v) is 10.8. The molecule has 8 heteroatoms. The molecule has 3 fully saturated rings. The Bertz CT molecular complexity index is 998. The van der Waals surface area contributed by atoms with Gasteiger partial charge in [0.15, 0.2) is 0 Å². The lowest BCUT2D eigenvalue weighted by Gasteiger charge is -2.31. The van der Waals surface area contributed by atoms with Gasteiger partial charge in [-0.3, -0.25) is 14.5 Å². The molecule has 0 aromatic heterocycles. The van der Waals surface area contributed by atoms with Crippen LogP contribution < -0.4 is 4.90 Å².